The van der Waals surface area contributed by atoms with Gasteiger partial charge in [-0.05, 0) is 31.2 Å². The molecule has 0 aliphatic carbocycles. The number of pyridine rings is 1. The number of ketones is 1. The van der Waals surface area contributed by atoms with Crippen LogP contribution in [0.4, 0.5) is 5.69 Å². The SMILES string of the molecule is COCCN(C(=O)c1ccc(C(C)=O)cc1)c1ccncc1. The largest absolute Gasteiger partial charge is 0.383 e. The summed E-state index contributed by atoms with van der Waals surface area (Å²) in [5.41, 5.74) is 1.87. The van der Waals surface area contributed by atoms with E-state index in [0.29, 0.717) is 24.3 Å². The number of methoxy groups -OCH3 is 1. The molecular formula is C17H18N2O3. The van der Waals surface area contributed by atoms with Crippen molar-refractivity contribution in [2.45, 2.75) is 6.92 Å². The van der Waals surface area contributed by atoms with Gasteiger partial charge in [0.05, 0.1) is 6.61 Å². The molecule has 0 aliphatic heterocycles. The van der Waals surface area contributed by atoms with Gasteiger partial charge in [-0.3, -0.25) is 14.6 Å². The predicted molar refractivity (Wildman–Crippen MR) is 84.2 cm³/mol. The molecule has 0 aliphatic rings. The molecule has 5 nitrogen and oxygen atoms in total. The van der Waals surface area contributed by atoms with Crippen LogP contribution in [0.3, 0.4) is 0 Å². The topological polar surface area (TPSA) is 59.5 Å². The van der Waals surface area contributed by atoms with E-state index in [9.17, 15) is 9.59 Å². The van der Waals surface area contributed by atoms with Crippen molar-refractivity contribution in [3.63, 3.8) is 0 Å². The quantitative estimate of drug-likeness (QED) is 0.769. The highest BCUT2D eigenvalue weighted by Gasteiger charge is 2.17. The number of nitrogens with zero attached hydrogens (tertiary/aromatic N) is 2. The Morgan fingerprint density at radius 1 is 1.05 bits per heavy atom. The smallest absolute Gasteiger partial charge is 0.258 e. The number of aromatic nitrogens is 1. The molecule has 2 aromatic rings. The zero-order chi connectivity index (χ0) is 15.9. The maximum atomic E-state index is 12.7. The van der Waals surface area contributed by atoms with Crippen LogP contribution in [0.15, 0.2) is 48.8 Å². The summed E-state index contributed by atoms with van der Waals surface area (Å²) in [7, 11) is 1.59. The molecule has 2 rings (SSSR count). The molecule has 0 bridgehead atoms. The molecule has 1 aromatic heterocycles. The highest BCUT2D eigenvalue weighted by atomic mass is 16.5. The van der Waals surface area contributed by atoms with Crippen LogP contribution in [0.1, 0.15) is 27.6 Å². The molecule has 114 valence electrons. The lowest BCUT2D eigenvalue weighted by molar-refractivity contribution is 0.0973. The molecule has 22 heavy (non-hydrogen) atoms. The molecule has 1 aromatic carbocycles. The van der Waals surface area contributed by atoms with E-state index < -0.39 is 0 Å². The van der Waals surface area contributed by atoms with Gasteiger partial charge in [-0.25, -0.2) is 0 Å². The van der Waals surface area contributed by atoms with E-state index in [1.165, 1.54) is 6.92 Å². The van der Waals surface area contributed by atoms with Crippen LogP contribution in [-0.4, -0.2) is 36.9 Å². The highest BCUT2D eigenvalue weighted by molar-refractivity contribution is 6.06. The number of rotatable bonds is 6. The predicted octanol–water partition coefficient (Wildman–Crippen LogP) is 2.58. The number of ether oxygens (including phenoxy) is 1. The first-order chi connectivity index (χ1) is 10.6. The Hall–Kier alpha value is -2.53. The summed E-state index contributed by atoms with van der Waals surface area (Å²) in [4.78, 5) is 29.6. The molecule has 1 amide bonds. The standard InChI is InChI=1S/C17H18N2O3/c1-13(20)14-3-5-15(6-4-14)17(21)19(11-12-22-2)16-7-9-18-10-8-16/h3-10H,11-12H2,1-2H3. The van der Waals surface area contributed by atoms with Gasteiger partial charge in [-0.15, -0.1) is 0 Å². The number of hydrogen-bond acceptors (Lipinski definition) is 4. The van der Waals surface area contributed by atoms with Crippen LogP contribution in [0, 0.1) is 0 Å². The van der Waals surface area contributed by atoms with Crippen LogP contribution in [0.5, 0.6) is 0 Å². The lowest BCUT2D eigenvalue weighted by atomic mass is 10.1. The molecule has 0 spiro atoms. The summed E-state index contributed by atoms with van der Waals surface area (Å²) >= 11 is 0. The molecule has 0 saturated heterocycles. The first kappa shape index (κ1) is 15.9. The van der Waals surface area contributed by atoms with Gasteiger partial charge >= 0.3 is 0 Å². The maximum absolute atomic E-state index is 12.7. The van der Waals surface area contributed by atoms with E-state index in [4.69, 9.17) is 4.74 Å². The van der Waals surface area contributed by atoms with E-state index in [1.54, 1.807) is 60.8 Å². The summed E-state index contributed by atoms with van der Waals surface area (Å²) in [5.74, 6) is -0.164. The summed E-state index contributed by atoms with van der Waals surface area (Å²) in [6, 6.07) is 10.2. The lowest BCUT2D eigenvalue weighted by Crippen LogP contribution is -2.34. The highest BCUT2D eigenvalue weighted by Crippen LogP contribution is 2.16. The van der Waals surface area contributed by atoms with Crippen LogP contribution in [0.2, 0.25) is 0 Å². The van der Waals surface area contributed by atoms with Gasteiger partial charge in [0.25, 0.3) is 5.91 Å². The van der Waals surface area contributed by atoms with E-state index in [1.807, 2.05) is 0 Å². The van der Waals surface area contributed by atoms with Crippen molar-refractivity contribution in [1.29, 1.82) is 0 Å². The minimum Gasteiger partial charge on any atom is -0.383 e. The Labute approximate surface area is 129 Å². The van der Waals surface area contributed by atoms with Crippen LogP contribution in [0.25, 0.3) is 0 Å². The van der Waals surface area contributed by atoms with Gasteiger partial charge in [-0.2, -0.15) is 0 Å². The van der Waals surface area contributed by atoms with E-state index in [2.05, 4.69) is 4.98 Å². The van der Waals surface area contributed by atoms with Gasteiger partial charge in [0, 0.05) is 42.9 Å². The molecule has 5 heteroatoms. The number of hydrogen-bond donors (Lipinski definition) is 0. The minimum absolute atomic E-state index is 0.0237. The average Bonchev–Trinajstić information content (AvgIpc) is 2.56. The zero-order valence-corrected chi connectivity index (χ0v) is 12.7. The number of benzene rings is 1. The van der Waals surface area contributed by atoms with Gasteiger partial charge in [0.1, 0.15) is 0 Å². The van der Waals surface area contributed by atoms with E-state index >= 15 is 0 Å². The van der Waals surface area contributed by atoms with Gasteiger partial charge < -0.3 is 9.64 Å². The van der Waals surface area contributed by atoms with Crippen molar-refractivity contribution in [1.82, 2.24) is 4.98 Å². The molecule has 0 N–H and O–H groups in total. The van der Waals surface area contributed by atoms with Crippen molar-refractivity contribution in [3.05, 3.63) is 59.9 Å². The molecule has 0 saturated carbocycles. The summed E-state index contributed by atoms with van der Waals surface area (Å²) < 4.78 is 5.08. The van der Waals surface area contributed by atoms with Gasteiger partial charge in [-0.1, -0.05) is 12.1 Å². The van der Waals surface area contributed by atoms with E-state index in [-0.39, 0.29) is 11.7 Å². The second-order valence-corrected chi connectivity index (χ2v) is 4.79. The molecule has 0 atom stereocenters. The number of carbonyl (C=O) groups is 2. The normalized spacial score (nSPS) is 10.3. The summed E-state index contributed by atoms with van der Waals surface area (Å²) in [5, 5.41) is 0. The number of amides is 1. The first-order valence-electron chi connectivity index (χ1n) is 6.95. The van der Waals surface area contributed by atoms with Crippen LogP contribution < -0.4 is 4.90 Å². The second-order valence-electron chi connectivity index (χ2n) is 4.79. The fraction of sp³-hybridized carbons (Fsp3) is 0.235. The van der Waals surface area contributed by atoms with Crippen LogP contribution in [-0.2, 0) is 4.74 Å². The van der Waals surface area contributed by atoms with Crippen LogP contribution >= 0.6 is 0 Å². The zero-order valence-electron chi connectivity index (χ0n) is 12.7. The fourth-order valence-corrected chi connectivity index (χ4v) is 2.06. The average molecular weight is 298 g/mol. The Kier molecular flexibility index (Phi) is 5.38. The molecule has 0 fully saturated rings. The first-order valence-corrected chi connectivity index (χ1v) is 6.95. The minimum atomic E-state index is -0.140. The molecule has 0 radical (unpaired) electrons. The second kappa shape index (κ2) is 7.47. The van der Waals surface area contributed by atoms with Crippen molar-refractivity contribution < 1.29 is 14.3 Å². The van der Waals surface area contributed by atoms with Crippen molar-refractivity contribution >= 4 is 17.4 Å². The van der Waals surface area contributed by atoms with Crippen molar-refractivity contribution in [2.24, 2.45) is 0 Å². The van der Waals surface area contributed by atoms with E-state index in [0.717, 1.165) is 5.69 Å². The van der Waals surface area contributed by atoms with Crippen molar-refractivity contribution in [3.8, 4) is 0 Å². The molecular weight excluding hydrogens is 280 g/mol. The third kappa shape index (κ3) is 3.77. The Morgan fingerprint density at radius 2 is 1.64 bits per heavy atom. The maximum Gasteiger partial charge on any atom is 0.258 e. The summed E-state index contributed by atoms with van der Waals surface area (Å²) in [6.07, 6.45) is 3.28. The third-order valence-corrected chi connectivity index (χ3v) is 3.28. The Bertz CT molecular complexity index is 639. The Balaban J connectivity index is 2.26. The monoisotopic (exact) mass is 298 g/mol. The third-order valence-electron chi connectivity index (χ3n) is 3.28. The lowest BCUT2D eigenvalue weighted by Gasteiger charge is -2.22. The molecule has 1 heterocycles. The number of Topliss-reactive ketones (excluding diaryl/α,β-unsaturated/α-hetero) is 1. The number of anilines is 1. The van der Waals surface area contributed by atoms with Gasteiger partial charge in [0.15, 0.2) is 5.78 Å². The molecule has 0 unspecified atom stereocenters. The fourth-order valence-electron chi connectivity index (χ4n) is 2.06. The van der Waals surface area contributed by atoms with Crippen molar-refractivity contribution in [2.75, 3.05) is 25.2 Å². The number of carbonyl (C=O) groups excluding carboxylic acids is 2. The summed E-state index contributed by atoms with van der Waals surface area (Å²) in [6.45, 7) is 2.37. The Morgan fingerprint density at radius 3 is 2.18 bits per heavy atom. The van der Waals surface area contributed by atoms with Gasteiger partial charge in [0.2, 0.25) is 0 Å².